The lowest BCUT2D eigenvalue weighted by Crippen LogP contribution is -2.47. The van der Waals surface area contributed by atoms with Gasteiger partial charge in [-0.25, -0.2) is 0 Å². The topological polar surface area (TPSA) is 65.5 Å². The van der Waals surface area contributed by atoms with E-state index in [1.54, 1.807) is 12.1 Å². The molecule has 0 bridgehead atoms. The van der Waals surface area contributed by atoms with Crippen molar-refractivity contribution in [2.45, 2.75) is 13.8 Å². The number of rotatable bonds is 3. The smallest absolute Gasteiger partial charge is 0.274 e. The minimum absolute atomic E-state index is 0.0544. The second kappa shape index (κ2) is 7.66. The number of nitrogens with one attached hydrogen (secondary N) is 1. The van der Waals surface area contributed by atoms with Gasteiger partial charge in [0.15, 0.2) is 0 Å². The molecule has 0 radical (unpaired) electrons. The highest BCUT2D eigenvalue weighted by molar-refractivity contribution is 6.05. The van der Waals surface area contributed by atoms with Gasteiger partial charge in [-0.1, -0.05) is 12.1 Å². The maximum Gasteiger partial charge on any atom is 0.274 e. The number of piperazine rings is 1. The summed E-state index contributed by atoms with van der Waals surface area (Å²) in [6, 6.07) is 9.12. The van der Waals surface area contributed by atoms with Crippen molar-refractivity contribution in [3.05, 3.63) is 58.9 Å². The molecule has 1 aromatic carbocycles. The van der Waals surface area contributed by atoms with Gasteiger partial charge in [0.2, 0.25) is 0 Å². The Morgan fingerprint density at radius 3 is 2.50 bits per heavy atom. The van der Waals surface area contributed by atoms with E-state index in [-0.39, 0.29) is 17.5 Å². The summed E-state index contributed by atoms with van der Waals surface area (Å²) in [6.07, 6.45) is 1.52. The van der Waals surface area contributed by atoms with Crippen LogP contribution >= 0.6 is 0 Å². The van der Waals surface area contributed by atoms with Crippen molar-refractivity contribution in [1.29, 1.82) is 0 Å². The first kappa shape index (κ1) is 18.1. The van der Waals surface area contributed by atoms with Crippen LogP contribution in [0.15, 0.2) is 36.5 Å². The van der Waals surface area contributed by atoms with Gasteiger partial charge >= 0.3 is 0 Å². The number of likely N-dealkylation sites (N-methyl/N-ethyl adjacent to an activating group) is 1. The number of aryl methyl sites for hydroxylation is 2. The van der Waals surface area contributed by atoms with Crippen LogP contribution in [0.2, 0.25) is 0 Å². The number of hydrogen-bond donors (Lipinski definition) is 1. The number of carbonyl (C=O) groups is 2. The fourth-order valence-corrected chi connectivity index (χ4v) is 2.94. The average molecular weight is 352 g/mol. The van der Waals surface area contributed by atoms with Crippen molar-refractivity contribution in [3.8, 4) is 0 Å². The van der Waals surface area contributed by atoms with E-state index in [9.17, 15) is 9.59 Å². The molecule has 0 atom stereocenters. The van der Waals surface area contributed by atoms with Crippen LogP contribution in [0.5, 0.6) is 0 Å². The van der Waals surface area contributed by atoms with E-state index in [1.165, 1.54) is 6.20 Å². The average Bonchev–Trinajstić information content (AvgIpc) is 2.65. The first-order valence-corrected chi connectivity index (χ1v) is 8.76. The van der Waals surface area contributed by atoms with Crippen LogP contribution in [0.25, 0.3) is 0 Å². The predicted octanol–water partition coefficient (Wildman–Crippen LogP) is 2.34. The Balaban J connectivity index is 1.75. The standard InChI is InChI=1S/C20H24N4O2/c1-14-4-5-15(2)17(12-14)22-19(25)18-13-16(6-7-21-18)20(26)24-10-8-23(3)9-11-24/h4-7,12-13H,8-11H2,1-3H3,(H,22,25). The molecule has 0 aliphatic carbocycles. The highest BCUT2D eigenvalue weighted by Crippen LogP contribution is 2.17. The summed E-state index contributed by atoms with van der Waals surface area (Å²) in [4.78, 5) is 33.4. The van der Waals surface area contributed by atoms with Crippen molar-refractivity contribution >= 4 is 17.5 Å². The van der Waals surface area contributed by atoms with Gasteiger partial charge < -0.3 is 15.1 Å². The van der Waals surface area contributed by atoms with Gasteiger partial charge in [0.1, 0.15) is 5.69 Å². The molecule has 26 heavy (non-hydrogen) atoms. The summed E-state index contributed by atoms with van der Waals surface area (Å²) >= 11 is 0. The van der Waals surface area contributed by atoms with Crippen molar-refractivity contribution < 1.29 is 9.59 Å². The van der Waals surface area contributed by atoms with Crippen LogP contribution in [0, 0.1) is 13.8 Å². The summed E-state index contributed by atoms with van der Waals surface area (Å²) in [6.45, 7) is 7.02. The van der Waals surface area contributed by atoms with Gasteiger partial charge in [0.25, 0.3) is 11.8 Å². The Hall–Kier alpha value is -2.73. The van der Waals surface area contributed by atoms with E-state index in [1.807, 2.05) is 44.0 Å². The number of aromatic nitrogens is 1. The Morgan fingerprint density at radius 1 is 1.04 bits per heavy atom. The van der Waals surface area contributed by atoms with Crippen LogP contribution in [0.1, 0.15) is 32.0 Å². The summed E-state index contributed by atoms with van der Waals surface area (Å²) < 4.78 is 0. The summed E-state index contributed by atoms with van der Waals surface area (Å²) in [5.41, 5.74) is 3.54. The first-order chi connectivity index (χ1) is 12.4. The number of benzene rings is 1. The fraction of sp³-hybridized carbons (Fsp3) is 0.350. The Morgan fingerprint density at radius 2 is 1.77 bits per heavy atom. The lowest BCUT2D eigenvalue weighted by Gasteiger charge is -2.32. The molecule has 136 valence electrons. The van der Waals surface area contributed by atoms with E-state index in [0.717, 1.165) is 29.9 Å². The van der Waals surface area contributed by atoms with Crippen LogP contribution in [-0.2, 0) is 0 Å². The Labute approximate surface area is 153 Å². The molecule has 6 nitrogen and oxygen atoms in total. The number of amides is 2. The van der Waals surface area contributed by atoms with E-state index >= 15 is 0 Å². The maximum absolute atomic E-state index is 12.7. The largest absolute Gasteiger partial charge is 0.336 e. The molecule has 2 aromatic rings. The molecule has 3 rings (SSSR count). The minimum atomic E-state index is -0.313. The molecule has 1 aliphatic rings. The quantitative estimate of drug-likeness (QED) is 0.921. The zero-order valence-corrected chi connectivity index (χ0v) is 15.5. The predicted molar refractivity (Wildman–Crippen MR) is 102 cm³/mol. The van der Waals surface area contributed by atoms with E-state index in [4.69, 9.17) is 0 Å². The number of nitrogens with zero attached hydrogens (tertiary/aromatic N) is 3. The molecule has 0 unspecified atom stereocenters. The second-order valence-electron chi connectivity index (χ2n) is 6.80. The van der Waals surface area contributed by atoms with Gasteiger partial charge in [-0.15, -0.1) is 0 Å². The van der Waals surface area contributed by atoms with Crippen LogP contribution in [-0.4, -0.2) is 59.8 Å². The molecule has 6 heteroatoms. The maximum atomic E-state index is 12.7. The molecule has 0 saturated carbocycles. The molecule has 1 aromatic heterocycles. The van der Waals surface area contributed by atoms with Gasteiger partial charge in [0.05, 0.1) is 0 Å². The normalized spacial score (nSPS) is 15.0. The van der Waals surface area contributed by atoms with Gasteiger partial charge in [-0.2, -0.15) is 0 Å². The summed E-state index contributed by atoms with van der Waals surface area (Å²) in [7, 11) is 2.05. The van der Waals surface area contributed by atoms with Crippen molar-refractivity contribution in [1.82, 2.24) is 14.8 Å². The van der Waals surface area contributed by atoms with E-state index < -0.39 is 0 Å². The molecular formula is C20H24N4O2. The third-order valence-corrected chi connectivity index (χ3v) is 4.67. The van der Waals surface area contributed by atoms with Crippen molar-refractivity contribution in [2.24, 2.45) is 0 Å². The zero-order chi connectivity index (χ0) is 18.7. The van der Waals surface area contributed by atoms with E-state index in [0.29, 0.717) is 18.7 Å². The molecule has 2 heterocycles. The molecule has 1 fully saturated rings. The lowest BCUT2D eigenvalue weighted by molar-refractivity contribution is 0.0664. The Bertz CT molecular complexity index is 826. The monoisotopic (exact) mass is 352 g/mol. The highest BCUT2D eigenvalue weighted by Gasteiger charge is 2.21. The molecule has 0 spiro atoms. The Kier molecular flexibility index (Phi) is 5.32. The molecule has 1 saturated heterocycles. The molecular weight excluding hydrogens is 328 g/mol. The van der Waals surface area contributed by atoms with Crippen LogP contribution in [0.3, 0.4) is 0 Å². The third kappa shape index (κ3) is 4.08. The third-order valence-electron chi connectivity index (χ3n) is 4.67. The number of pyridine rings is 1. The van der Waals surface area contributed by atoms with Gasteiger partial charge in [0, 0.05) is 43.6 Å². The van der Waals surface area contributed by atoms with Gasteiger partial charge in [-0.3, -0.25) is 14.6 Å². The molecule has 2 amide bonds. The minimum Gasteiger partial charge on any atom is -0.336 e. The SMILES string of the molecule is Cc1ccc(C)c(NC(=O)c2cc(C(=O)N3CCN(C)CC3)ccn2)c1. The lowest BCUT2D eigenvalue weighted by atomic mass is 10.1. The van der Waals surface area contributed by atoms with Crippen molar-refractivity contribution in [3.63, 3.8) is 0 Å². The summed E-state index contributed by atoms with van der Waals surface area (Å²) in [5, 5.41) is 2.89. The first-order valence-electron chi connectivity index (χ1n) is 8.76. The molecule has 1 N–H and O–H groups in total. The summed E-state index contributed by atoms with van der Waals surface area (Å²) in [5.74, 6) is -0.368. The van der Waals surface area contributed by atoms with Crippen molar-refractivity contribution in [2.75, 3.05) is 38.5 Å². The van der Waals surface area contributed by atoms with Gasteiger partial charge in [-0.05, 0) is 50.2 Å². The number of anilines is 1. The molecule has 1 aliphatic heterocycles. The fourth-order valence-electron chi connectivity index (χ4n) is 2.94. The van der Waals surface area contributed by atoms with Crippen LogP contribution < -0.4 is 5.32 Å². The zero-order valence-electron chi connectivity index (χ0n) is 15.5. The second-order valence-corrected chi connectivity index (χ2v) is 6.80. The number of carbonyl (C=O) groups excluding carboxylic acids is 2. The van der Waals surface area contributed by atoms with Crippen LogP contribution in [0.4, 0.5) is 5.69 Å². The number of hydrogen-bond acceptors (Lipinski definition) is 4. The van der Waals surface area contributed by atoms with E-state index in [2.05, 4.69) is 15.2 Å². The highest BCUT2D eigenvalue weighted by atomic mass is 16.2.